The summed E-state index contributed by atoms with van der Waals surface area (Å²) in [5.41, 5.74) is 0.987. The fraction of sp³-hybridized carbons (Fsp3) is 0.182. The van der Waals surface area contributed by atoms with Crippen molar-refractivity contribution in [1.82, 2.24) is 9.78 Å². The van der Waals surface area contributed by atoms with Crippen molar-refractivity contribution in [3.63, 3.8) is 0 Å². The highest BCUT2D eigenvalue weighted by atomic mass is 79.9. The maximum absolute atomic E-state index is 12.2. The second-order valence-electron chi connectivity index (χ2n) is 3.88. The first-order valence-corrected chi connectivity index (χ1v) is 7.45. The molecule has 0 saturated heterocycles. The number of hydrogen-bond acceptors (Lipinski definition) is 3. The Bertz CT molecular complexity index is 679. The van der Waals surface area contributed by atoms with E-state index in [2.05, 4.69) is 25.8 Å². The molecule has 1 aromatic carbocycles. The first-order chi connectivity index (χ1) is 8.40. The molecule has 7 heteroatoms. The first-order valence-electron chi connectivity index (χ1n) is 5.17. The van der Waals surface area contributed by atoms with Crippen molar-refractivity contribution in [2.24, 2.45) is 7.05 Å². The highest BCUT2D eigenvalue weighted by Gasteiger charge is 2.18. The van der Waals surface area contributed by atoms with Crippen molar-refractivity contribution in [2.45, 2.75) is 11.8 Å². The minimum Gasteiger partial charge on any atom is -0.264 e. The smallest absolute Gasteiger partial charge is 0.264 e. The van der Waals surface area contributed by atoms with E-state index in [9.17, 15) is 8.42 Å². The van der Waals surface area contributed by atoms with Crippen molar-refractivity contribution >= 4 is 31.8 Å². The van der Waals surface area contributed by atoms with Crippen LogP contribution in [0.3, 0.4) is 0 Å². The second kappa shape index (κ2) is 4.74. The SMILES string of the molecule is Cc1ccc(S(=O)(=O)Nc2ccnn2C)c(Br)c1. The summed E-state index contributed by atoms with van der Waals surface area (Å²) in [6, 6.07) is 6.68. The van der Waals surface area contributed by atoms with Crippen molar-refractivity contribution in [1.29, 1.82) is 0 Å². The molecule has 0 spiro atoms. The summed E-state index contributed by atoms with van der Waals surface area (Å²) in [5.74, 6) is 0.419. The highest BCUT2D eigenvalue weighted by molar-refractivity contribution is 9.10. The van der Waals surface area contributed by atoms with Crippen LogP contribution < -0.4 is 4.72 Å². The fourth-order valence-electron chi connectivity index (χ4n) is 1.49. The number of benzene rings is 1. The van der Waals surface area contributed by atoms with Gasteiger partial charge in [0.25, 0.3) is 10.0 Å². The number of rotatable bonds is 3. The van der Waals surface area contributed by atoms with Crippen molar-refractivity contribution in [3.05, 3.63) is 40.5 Å². The minimum atomic E-state index is -3.61. The fourth-order valence-corrected chi connectivity index (χ4v) is 3.77. The van der Waals surface area contributed by atoms with Gasteiger partial charge in [0.2, 0.25) is 0 Å². The Labute approximate surface area is 114 Å². The maximum Gasteiger partial charge on any atom is 0.264 e. The van der Waals surface area contributed by atoms with Gasteiger partial charge in [-0.3, -0.25) is 9.40 Å². The summed E-state index contributed by atoms with van der Waals surface area (Å²) in [6.45, 7) is 1.90. The van der Waals surface area contributed by atoms with Crippen LogP contribution in [0.2, 0.25) is 0 Å². The average Bonchev–Trinajstić information content (AvgIpc) is 2.63. The Morgan fingerprint density at radius 3 is 2.61 bits per heavy atom. The van der Waals surface area contributed by atoms with Gasteiger partial charge in [0.15, 0.2) is 0 Å². The van der Waals surface area contributed by atoms with Crippen LogP contribution in [-0.2, 0) is 17.1 Å². The molecule has 0 atom stereocenters. The molecular weight excluding hydrogens is 318 g/mol. The number of sulfonamides is 1. The van der Waals surface area contributed by atoms with E-state index >= 15 is 0 Å². The van der Waals surface area contributed by atoms with E-state index in [1.54, 1.807) is 31.3 Å². The molecule has 0 unspecified atom stereocenters. The number of aryl methyl sites for hydroxylation is 2. The zero-order valence-corrected chi connectivity index (χ0v) is 12.3. The van der Waals surface area contributed by atoms with E-state index in [1.165, 1.54) is 10.9 Å². The van der Waals surface area contributed by atoms with Crippen LogP contribution in [0.4, 0.5) is 5.82 Å². The zero-order valence-electron chi connectivity index (χ0n) is 9.88. The highest BCUT2D eigenvalue weighted by Crippen LogP contribution is 2.24. The number of nitrogens with zero attached hydrogens (tertiary/aromatic N) is 2. The number of anilines is 1. The van der Waals surface area contributed by atoms with Crippen LogP contribution in [0.15, 0.2) is 39.8 Å². The standard InChI is InChI=1S/C11H12BrN3O2S/c1-8-3-4-10(9(12)7-8)18(16,17)14-11-5-6-13-15(11)2/h3-7,14H,1-2H3. The lowest BCUT2D eigenvalue weighted by atomic mass is 10.2. The first kappa shape index (κ1) is 13.1. The van der Waals surface area contributed by atoms with Gasteiger partial charge in [-0.15, -0.1) is 0 Å². The predicted molar refractivity (Wildman–Crippen MR) is 72.9 cm³/mol. The lowest BCUT2D eigenvalue weighted by Gasteiger charge is -2.10. The normalized spacial score (nSPS) is 11.5. The van der Waals surface area contributed by atoms with Gasteiger partial charge in [0.1, 0.15) is 10.7 Å². The third-order valence-electron chi connectivity index (χ3n) is 2.44. The topological polar surface area (TPSA) is 64.0 Å². The number of aromatic nitrogens is 2. The van der Waals surface area contributed by atoms with Crippen LogP contribution in [-0.4, -0.2) is 18.2 Å². The zero-order chi connectivity index (χ0) is 13.3. The molecular formula is C11H12BrN3O2S. The number of hydrogen-bond donors (Lipinski definition) is 1. The molecule has 5 nitrogen and oxygen atoms in total. The molecule has 96 valence electrons. The summed E-state index contributed by atoms with van der Waals surface area (Å²) >= 11 is 3.26. The van der Waals surface area contributed by atoms with E-state index in [1.807, 2.05) is 6.92 Å². The van der Waals surface area contributed by atoms with Crippen LogP contribution >= 0.6 is 15.9 Å². The van der Waals surface area contributed by atoms with Crippen molar-refractivity contribution in [2.75, 3.05) is 4.72 Å². The molecule has 0 fully saturated rings. The Kier molecular flexibility index (Phi) is 3.45. The van der Waals surface area contributed by atoms with E-state index in [0.29, 0.717) is 10.3 Å². The molecule has 18 heavy (non-hydrogen) atoms. The van der Waals surface area contributed by atoms with Gasteiger partial charge in [-0.25, -0.2) is 8.42 Å². The van der Waals surface area contributed by atoms with Gasteiger partial charge in [-0.05, 0) is 40.5 Å². The van der Waals surface area contributed by atoms with E-state index in [4.69, 9.17) is 0 Å². The molecule has 1 aromatic heterocycles. The lowest BCUT2D eigenvalue weighted by Crippen LogP contribution is -2.15. The van der Waals surface area contributed by atoms with Crippen LogP contribution in [0.1, 0.15) is 5.56 Å². The van der Waals surface area contributed by atoms with Gasteiger partial charge < -0.3 is 0 Å². The number of nitrogens with one attached hydrogen (secondary N) is 1. The molecule has 0 aliphatic heterocycles. The monoisotopic (exact) mass is 329 g/mol. The minimum absolute atomic E-state index is 0.203. The van der Waals surface area contributed by atoms with Crippen LogP contribution in [0.25, 0.3) is 0 Å². The second-order valence-corrected chi connectivity index (χ2v) is 6.38. The Morgan fingerprint density at radius 2 is 2.06 bits per heavy atom. The number of halogens is 1. The Balaban J connectivity index is 2.40. The third-order valence-corrected chi connectivity index (χ3v) is 4.77. The van der Waals surface area contributed by atoms with E-state index in [-0.39, 0.29) is 4.90 Å². The van der Waals surface area contributed by atoms with Gasteiger partial charge in [-0.1, -0.05) is 6.07 Å². The molecule has 0 bridgehead atoms. The largest absolute Gasteiger partial charge is 0.264 e. The molecule has 0 saturated carbocycles. The Morgan fingerprint density at radius 1 is 1.33 bits per heavy atom. The third kappa shape index (κ3) is 2.56. The molecule has 0 radical (unpaired) electrons. The quantitative estimate of drug-likeness (QED) is 0.939. The molecule has 0 aliphatic rings. The van der Waals surface area contributed by atoms with Crippen molar-refractivity contribution in [3.8, 4) is 0 Å². The molecule has 2 rings (SSSR count). The van der Waals surface area contributed by atoms with E-state index in [0.717, 1.165) is 5.56 Å². The summed E-state index contributed by atoms with van der Waals surface area (Å²) in [7, 11) is -1.94. The molecule has 1 heterocycles. The van der Waals surface area contributed by atoms with Gasteiger partial charge >= 0.3 is 0 Å². The summed E-state index contributed by atoms with van der Waals surface area (Å²) in [6.07, 6.45) is 1.53. The average molecular weight is 330 g/mol. The molecule has 1 N–H and O–H groups in total. The molecule has 0 aliphatic carbocycles. The van der Waals surface area contributed by atoms with E-state index < -0.39 is 10.0 Å². The Hall–Kier alpha value is -1.34. The summed E-state index contributed by atoms with van der Waals surface area (Å²) in [5, 5.41) is 3.91. The predicted octanol–water partition coefficient (Wildman–Crippen LogP) is 2.29. The van der Waals surface area contributed by atoms with Crippen molar-refractivity contribution < 1.29 is 8.42 Å². The summed E-state index contributed by atoms with van der Waals surface area (Å²) < 4.78 is 28.9. The molecule has 2 aromatic rings. The molecule has 0 amide bonds. The van der Waals surface area contributed by atoms with Crippen LogP contribution in [0.5, 0.6) is 0 Å². The maximum atomic E-state index is 12.2. The van der Waals surface area contributed by atoms with Gasteiger partial charge in [0, 0.05) is 17.6 Å². The lowest BCUT2D eigenvalue weighted by molar-refractivity contribution is 0.600. The van der Waals surface area contributed by atoms with Crippen LogP contribution in [0, 0.1) is 6.92 Å². The summed E-state index contributed by atoms with van der Waals surface area (Å²) in [4.78, 5) is 0.203. The van der Waals surface area contributed by atoms with Gasteiger partial charge in [-0.2, -0.15) is 5.10 Å². The van der Waals surface area contributed by atoms with Gasteiger partial charge in [0.05, 0.1) is 6.20 Å².